The second kappa shape index (κ2) is 7.21. The van der Waals surface area contributed by atoms with Crippen LogP contribution in [-0.2, 0) is 6.42 Å². The van der Waals surface area contributed by atoms with Gasteiger partial charge < -0.3 is 5.32 Å². The number of halogens is 1. The molecular weight excluding hydrogens is 360 g/mol. The van der Waals surface area contributed by atoms with E-state index in [0.717, 1.165) is 28.5 Å². The second-order valence-electron chi connectivity index (χ2n) is 5.53. The maximum absolute atomic E-state index is 12.8. The molecule has 1 aromatic heterocycles. The van der Waals surface area contributed by atoms with Gasteiger partial charge in [0, 0.05) is 15.8 Å². The highest BCUT2D eigenvalue weighted by Gasteiger charge is 2.21. The smallest absolute Gasteiger partial charge is 0.294 e. The first-order valence-electron chi connectivity index (χ1n) is 7.77. The minimum absolute atomic E-state index is 0.138. The van der Waals surface area contributed by atoms with E-state index in [1.54, 1.807) is 0 Å². The number of nitro groups is 1. The Labute approximate surface area is 153 Å². The van der Waals surface area contributed by atoms with E-state index in [4.69, 9.17) is 11.6 Å². The number of hydrogen-bond acceptors (Lipinski definition) is 4. The summed E-state index contributed by atoms with van der Waals surface area (Å²) in [5, 5.41) is 15.2. The van der Waals surface area contributed by atoms with Crippen molar-refractivity contribution in [3.05, 3.63) is 68.0 Å². The number of nitro benzene ring substituents is 1. The molecule has 0 aliphatic rings. The lowest BCUT2D eigenvalue weighted by Crippen LogP contribution is -2.13. The van der Waals surface area contributed by atoms with E-state index < -0.39 is 4.92 Å². The topological polar surface area (TPSA) is 72.2 Å². The molecule has 0 saturated carbocycles. The molecule has 128 valence electrons. The lowest BCUT2D eigenvalue weighted by atomic mass is 10.1. The Morgan fingerprint density at radius 1 is 1.28 bits per heavy atom. The summed E-state index contributed by atoms with van der Waals surface area (Å²) in [6.45, 7) is 2.05. The summed E-state index contributed by atoms with van der Waals surface area (Å²) in [6, 6.07) is 12.0. The van der Waals surface area contributed by atoms with Crippen LogP contribution in [0.25, 0.3) is 10.1 Å². The number of nitrogens with zero attached hydrogens (tertiary/aromatic N) is 1. The van der Waals surface area contributed by atoms with E-state index in [1.165, 1.54) is 29.5 Å². The maximum Gasteiger partial charge on any atom is 0.294 e. The number of nitrogens with one attached hydrogen (secondary N) is 1. The summed E-state index contributed by atoms with van der Waals surface area (Å²) in [5.41, 5.74) is 0.899. The molecule has 0 saturated heterocycles. The minimum atomic E-state index is -0.556. The van der Waals surface area contributed by atoms with Gasteiger partial charge in [-0.1, -0.05) is 43.1 Å². The Balaban J connectivity index is 2.01. The standard InChI is InChI=1S/C18H15ClN2O3S/c1-2-5-13-12-6-3-4-7-16(12)25-17(13)18(22)20-14-9-8-11(19)10-15(14)21(23)24/h3-4,6-10H,2,5H2,1H3,(H,20,22). The van der Waals surface area contributed by atoms with Crippen LogP contribution < -0.4 is 5.32 Å². The zero-order chi connectivity index (χ0) is 18.0. The summed E-state index contributed by atoms with van der Waals surface area (Å²) in [7, 11) is 0. The van der Waals surface area contributed by atoms with E-state index in [2.05, 4.69) is 12.2 Å². The number of amides is 1. The van der Waals surface area contributed by atoms with Crippen molar-refractivity contribution in [1.82, 2.24) is 0 Å². The van der Waals surface area contributed by atoms with Crippen LogP contribution in [0.5, 0.6) is 0 Å². The van der Waals surface area contributed by atoms with Gasteiger partial charge in [-0.3, -0.25) is 14.9 Å². The fourth-order valence-electron chi connectivity index (χ4n) is 2.72. The van der Waals surface area contributed by atoms with Gasteiger partial charge in [-0.15, -0.1) is 11.3 Å². The van der Waals surface area contributed by atoms with Gasteiger partial charge in [-0.2, -0.15) is 0 Å². The van der Waals surface area contributed by atoms with Gasteiger partial charge in [-0.25, -0.2) is 0 Å². The van der Waals surface area contributed by atoms with Gasteiger partial charge in [0.1, 0.15) is 5.69 Å². The number of rotatable bonds is 5. The van der Waals surface area contributed by atoms with Gasteiger partial charge in [0.2, 0.25) is 0 Å². The Kier molecular flexibility index (Phi) is 5.01. The number of fused-ring (bicyclic) bond motifs is 1. The fourth-order valence-corrected chi connectivity index (χ4v) is 4.03. The van der Waals surface area contributed by atoms with Crippen LogP contribution in [0.2, 0.25) is 5.02 Å². The van der Waals surface area contributed by atoms with E-state index in [9.17, 15) is 14.9 Å². The highest BCUT2D eigenvalue weighted by molar-refractivity contribution is 7.21. The zero-order valence-electron chi connectivity index (χ0n) is 13.4. The summed E-state index contributed by atoms with van der Waals surface area (Å²) < 4.78 is 1.03. The highest BCUT2D eigenvalue weighted by Crippen LogP contribution is 2.34. The SMILES string of the molecule is CCCc1c(C(=O)Nc2ccc(Cl)cc2[N+](=O)[O-])sc2ccccc12. The molecule has 0 unspecified atom stereocenters. The third-order valence-electron chi connectivity index (χ3n) is 3.81. The second-order valence-corrected chi connectivity index (χ2v) is 7.02. The van der Waals surface area contributed by atoms with Crippen LogP contribution in [0.15, 0.2) is 42.5 Å². The fraction of sp³-hybridized carbons (Fsp3) is 0.167. The predicted molar refractivity (Wildman–Crippen MR) is 102 cm³/mol. The predicted octanol–water partition coefficient (Wildman–Crippen LogP) is 5.67. The quantitative estimate of drug-likeness (QED) is 0.462. The van der Waals surface area contributed by atoms with E-state index >= 15 is 0 Å². The van der Waals surface area contributed by atoms with E-state index in [1.807, 2.05) is 24.3 Å². The van der Waals surface area contributed by atoms with Crippen LogP contribution in [0.3, 0.4) is 0 Å². The average Bonchev–Trinajstić information content (AvgIpc) is 2.95. The molecule has 0 radical (unpaired) electrons. The van der Waals surface area contributed by atoms with Crippen LogP contribution in [-0.4, -0.2) is 10.8 Å². The number of carbonyl (C=O) groups excluding carboxylic acids is 1. The molecular formula is C18H15ClN2O3S. The van der Waals surface area contributed by atoms with Crippen LogP contribution in [0, 0.1) is 10.1 Å². The molecule has 1 amide bonds. The maximum atomic E-state index is 12.8. The Morgan fingerprint density at radius 3 is 2.76 bits per heavy atom. The minimum Gasteiger partial charge on any atom is -0.316 e. The van der Waals surface area contributed by atoms with Crippen LogP contribution >= 0.6 is 22.9 Å². The van der Waals surface area contributed by atoms with Gasteiger partial charge in [0.15, 0.2) is 0 Å². The zero-order valence-corrected chi connectivity index (χ0v) is 15.0. The van der Waals surface area contributed by atoms with Crippen molar-refractivity contribution in [3.8, 4) is 0 Å². The number of aryl methyl sites for hydroxylation is 1. The summed E-state index contributed by atoms with van der Waals surface area (Å²) >= 11 is 7.22. The number of carbonyl (C=O) groups is 1. The van der Waals surface area contributed by atoms with Gasteiger partial charge in [0.05, 0.1) is 9.80 Å². The first-order valence-corrected chi connectivity index (χ1v) is 8.96. The Morgan fingerprint density at radius 2 is 2.04 bits per heavy atom. The molecule has 7 heteroatoms. The molecule has 0 aliphatic carbocycles. The molecule has 3 aromatic rings. The van der Waals surface area contributed by atoms with E-state index in [0.29, 0.717) is 4.88 Å². The van der Waals surface area contributed by atoms with Crippen molar-refractivity contribution in [2.45, 2.75) is 19.8 Å². The summed E-state index contributed by atoms with van der Waals surface area (Å²) in [6.07, 6.45) is 1.68. The van der Waals surface area contributed by atoms with Crippen molar-refractivity contribution in [1.29, 1.82) is 0 Å². The molecule has 5 nitrogen and oxygen atoms in total. The summed E-state index contributed by atoms with van der Waals surface area (Å²) in [4.78, 5) is 24.0. The normalized spacial score (nSPS) is 10.8. The molecule has 0 spiro atoms. The lowest BCUT2D eigenvalue weighted by Gasteiger charge is -2.07. The molecule has 1 N–H and O–H groups in total. The molecule has 0 aliphatic heterocycles. The van der Waals surface area contributed by atoms with Gasteiger partial charge >= 0.3 is 0 Å². The molecule has 2 aromatic carbocycles. The lowest BCUT2D eigenvalue weighted by molar-refractivity contribution is -0.383. The molecule has 25 heavy (non-hydrogen) atoms. The summed E-state index contributed by atoms with van der Waals surface area (Å²) in [5.74, 6) is -0.338. The van der Waals surface area contributed by atoms with Crippen molar-refractivity contribution >= 4 is 50.3 Å². The Bertz CT molecular complexity index is 968. The van der Waals surface area contributed by atoms with Gasteiger partial charge in [0.25, 0.3) is 11.6 Å². The van der Waals surface area contributed by atoms with Crippen molar-refractivity contribution in [2.75, 3.05) is 5.32 Å². The largest absolute Gasteiger partial charge is 0.316 e. The first kappa shape index (κ1) is 17.4. The molecule has 0 fully saturated rings. The monoisotopic (exact) mass is 374 g/mol. The average molecular weight is 375 g/mol. The van der Waals surface area contributed by atoms with Gasteiger partial charge in [-0.05, 0) is 35.6 Å². The molecule has 1 heterocycles. The number of hydrogen-bond donors (Lipinski definition) is 1. The van der Waals surface area contributed by atoms with Crippen LogP contribution in [0.4, 0.5) is 11.4 Å². The Hall–Kier alpha value is -2.44. The van der Waals surface area contributed by atoms with Crippen molar-refractivity contribution < 1.29 is 9.72 Å². The first-order chi connectivity index (χ1) is 12.0. The van der Waals surface area contributed by atoms with Crippen LogP contribution in [0.1, 0.15) is 28.6 Å². The number of benzene rings is 2. The van der Waals surface area contributed by atoms with Crippen molar-refractivity contribution in [3.63, 3.8) is 0 Å². The third-order valence-corrected chi connectivity index (χ3v) is 5.26. The molecule has 3 rings (SSSR count). The number of thiophene rings is 1. The van der Waals surface area contributed by atoms with Crippen molar-refractivity contribution in [2.24, 2.45) is 0 Å². The van der Waals surface area contributed by atoms with E-state index in [-0.39, 0.29) is 22.3 Å². The highest BCUT2D eigenvalue weighted by atomic mass is 35.5. The third kappa shape index (κ3) is 3.50. The number of anilines is 1. The molecule has 0 bridgehead atoms. The molecule has 0 atom stereocenters.